The minimum absolute atomic E-state index is 0.0931. The highest BCUT2D eigenvalue weighted by Gasteiger charge is 2.52. The van der Waals surface area contributed by atoms with Gasteiger partial charge < -0.3 is 4.90 Å². The monoisotopic (exact) mass is 721 g/mol. The fraction of sp³-hybridized carbons (Fsp3) is 0.236. The second-order valence-corrected chi connectivity index (χ2v) is 18.3. The molecule has 2 unspecified atom stereocenters. The average Bonchev–Trinajstić information content (AvgIpc) is 3.86. The fourth-order valence-electron chi connectivity index (χ4n) is 12.6. The van der Waals surface area contributed by atoms with Gasteiger partial charge in [-0.25, -0.2) is 0 Å². The van der Waals surface area contributed by atoms with Gasteiger partial charge in [-0.05, 0) is 144 Å². The minimum atomic E-state index is -0.391. The van der Waals surface area contributed by atoms with Crippen molar-refractivity contribution in [3.63, 3.8) is 0 Å². The Labute approximate surface area is 331 Å². The van der Waals surface area contributed by atoms with Crippen LogP contribution in [0.5, 0.6) is 0 Å². The first kappa shape index (κ1) is 32.6. The number of benzene rings is 7. The van der Waals surface area contributed by atoms with Gasteiger partial charge in [-0.3, -0.25) is 0 Å². The van der Waals surface area contributed by atoms with Crippen LogP contribution in [0.15, 0.2) is 152 Å². The molecule has 0 radical (unpaired) electrons. The Morgan fingerprint density at radius 3 is 1.43 bits per heavy atom. The third-order valence-electron chi connectivity index (χ3n) is 15.1. The van der Waals surface area contributed by atoms with Crippen LogP contribution < -0.4 is 4.90 Å². The van der Waals surface area contributed by atoms with Gasteiger partial charge in [0.1, 0.15) is 0 Å². The molecule has 1 fully saturated rings. The predicted octanol–water partition coefficient (Wildman–Crippen LogP) is 14.4. The van der Waals surface area contributed by atoms with E-state index in [-0.39, 0.29) is 10.8 Å². The van der Waals surface area contributed by atoms with Crippen LogP contribution >= 0.6 is 0 Å². The van der Waals surface area contributed by atoms with Crippen LogP contribution in [0, 0.1) is 5.92 Å². The SMILES string of the molecule is CC1(C)c2ccccc2-c2ccc(N(c3ccc4c(c3)C3(c5ccccc5-c5ccccc53)c3ccccc3-4)c3ccc4c(c3)C(C)(C)C3CCCCC43)cc21. The molecule has 0 amide bonds. The molecule has 12 rings (SSSR count). The smallest absolute Gasteiger partial charge is 0.0726 e. The van der Waals surface area contributed by atoms with E-state index in [1.54, 1.807) is 11.1 Å². The van der Waals surface area contributed by atoms with Crippen LogP contribution in [-0.4, -0.2) is 0 Å². The van der Waals surface area contributed by atoms with E-state index in [4.69, 9.17) is 0 Å². The van der Waals surface area contributed by atoms with Gasteiger partial charge in [-0.15, -0.1) is 0 Å². The van der Waals surface area contributed by atoms with Crippen LogP contribution in [0.3, 0.4) is 0 Å². The van der Waals surface area contributed by atoms with Crippen LogP contribution in [0.4, 0.5) is 17.1 Å². The van der Waals surface area contributed by atoms with Crippen LogP contribution in [-0.2, 0) is 16.2 Å². The molecule has 0 heterocycles. The van der Waals surface area contributed by atoms with Gasteiger partial charge in [0.05, 0.1) is 5.41 Å². The van der Waals surface area contributed by atoms with Gasteiger partial charge in [0.15, 0.2) is 0 Å². The highest BCUT2D eigenvalue weighted by Crippen LogP contribution is 2.64. The standard InChI is InChI=1S/C55H47N/c1-53(2)45-20-10-5-15-37(45)42-28-25-34(31-50(42)53)56(35-26-29-43-38-16-6-11-21-46(38)54(3,4)51(43)32-35)36-27-30-44-41-19-9-14-24-49(41)55(52(44)33-36)47-22-12-7-17-39(47)40-18-8-13-23-48(40)55/h5,7-10,12-15,17-20,22-33,38,46H,6,11,16,21H2,1-4H3. The minimum Gasteiger partial charge on any atom is -0.310 e. The highest BCUT2D eigenvalue weighted by atomic mass is 15.1. The lowest BCUT2D eigenvalue weighted by Crippen LogP contribution is -2.28. The van der Waals surface area contributed by atoms with Crippen molar-refractivity contribution in [2.45, 2.75) is 75.5 Å². The molecule has 1 spiro atoms. The van der Waals surface area contributed by atoms with Crippen molar-refractivity contribution in [3.8, 4) is 33.4 Å². The summed E-state index contributed by atoms with van der Waals surface area (Å²) in [4.78, 5) is 2.58. The molecule has 5 aliphatic rings. The van der Waals surface area contributed by atoms with Crippen molar-refractivity contribution in [1.82, 2.24) is 0 Å². The Balaban J connectivity index is 1.11. The van der Waals surface area contributed by atoms with E-state index < -0.39 is 5.41 Å². The summed E-state index contributed by atoms with van der Waals surface area (Å²) in [6.07, 6.45) is 5.36. The van der Waals surface area contributed by atoms with E-state index in [1.807, 2.05) is 0 Å². The van der Waals surface area contributed by atoms with Gasteiger partial charge in [-0.2, -0.15) is 0 Å². The quantitative estimate of drug-likeness (QED) is 0.176. The third-order valence-corrected chi connectivity index (χ3v) is 15.1. The summed E-state index contributed by atoms with van der Waals surface area (Å²) in [5, 5.41) is 0. The second-order valence-electron chi connectivity index (χ2n) is 18.3. The molecule has 7 aromatic carbocycles. The molecule has 0 N–H and O–H groups in total. The van der Waals surface area contributed by atoms with Crippen LogP contribution in [0.25, 0.3) is 33.4 Å². The summed E-state index contributed by atoms with van der Waals surface area (Å²) < 4.78 is 0. The number of nitrogens with zero attached hydrogens (tertiary/aromatic N) is 1. The van der Waals surface area contributed by atoms with E-state index in [1.165, 1.54) is 110 Å². The number of rotatable bonds is 3. The van der Waals surface area contributed by atoms with E-state index in [0.29, 0.717) is 5.92 Å². The molecular weight excluding hydrogens is 675 g/mol. The molecule has 0 aliphatic heterocycles. The van der Waals surface area contributed by atoms with E-state index >= 15 is 0 Å². The summed E-state index contributed by atoms with van der Waals surface area (Å²) in [6.45, 7) is 9.85. The van der Waals surface area contributed by atoms with Crippen molar-refractivity contribution >= 4 is 17.1 Å². The van der Waals surface area contributed by atoms with E-state index in [9.17, 15) is 0 Å². The molecule has 56 heavy (non-hydrogen) atoms. The molecule has 7 aromatic rings. The summed E-state index contributed by atoms with van der Waals surface area (Å²) in [7, 11) is 0. The molecule has 0 bridgehead atoms. The lowest BCUT2D eigenvalue weighted by Gasteiger charge is -2.35. The zero-order chi connectivity index (χ0) is 37.6. The Hall–Kier alpha value is -5.66. The normalized spacial score (nSPS) is 20.3. The maximum atomic E-state index is 2.58. The van der Waals surface area contributed by atoms with Crippen molar-refractivity contribution in [2.75, 3.05) is 4.90 Å². The fourth-order valence-corrected chi connectivity index (χ4v) is 12.6. The van der Waals surface area contributed by atoms with Crippen LogP contribution in [0.1, 0.15) is 104 Å². The molecule has 0 aromatic heterocycles. The second kappa shape index (κ2) is 11.2. The zero-order valence-corrected chi connectivity index (χ0v) is 32.9. The third kappa shape index (κ3) is 4.01. The maximum Gasteiger partial charge on any atom is 0.0726 e. The molecule has 5 aliphatic carbocycles. The Kier molecular flexibility index (Phi) is 6.53. The molecule has 0 saturated heterocycles. The summed E-state index contributed by atoms with van der Waals surface area (Å²) >= 11 is 0. The van der Waals surface area contributed by atoms with Gasteiger partial charge >= 0.3 is 0 Å². The van der Waals surface area contributed by atoms with Gasteiger partial charge in [-0.1, -0.05) is 156 Å². The zero-order valence-electron chi connectivity index (χ0n) is 32.9. The topological polar surface area (TPSA) is 3.24 Å². The molecule has 1 nitrogen and oxygen atoms in total. The number of fused-ring (bicyclic) bond motifs is 16. The maximum absolute atomic E-state index is 2.58. The lowest BCUT2D eigenvalue weighted by molar-refractivity contribution is 0.233. The Morgan fingerprint density at radius 1 is 0.411 bits per heavy atom. The first-order chi connectivity index (χ1) is 27.3. The molecule has 1 saturated carbocycles. The van der Waals surface area contributed by atoms with E-state index in [2.05, 4.69) is 184 Å². The first-order valence-corrected chi connectivity index (χ1v) is 20.9. The van der Waals surface area contributed by atoms with Crippen LogP contribution in [0.2, 0.25) is 0 Å². The number of anilines is 3. The lowest BCUT2D eigenvalue weighted by atomic mass is 9.70. The van der Waals surface area contributed by atoms with Crippen molar-refractivity contribution in [2.24, 2.45) is 5.92 Å². The van der Waals surface area contributed by atoms with Gasteiger partial charge in [0, 0.05) is 22.5 Å². The molecule has 272 valence electrons. The predicted molar refractivity (Wildman–Crippen MR) is 233 cm³/mol. The van der Waals surface area contributed by atoms with E-state index in [0.717, 1.165) is 5.92 Å². The highest BCUT2D eigenvalue weighted by molar-refractivity contribution is 5.96. The van der Waals surface area contributed by atoms with Crippen molar-refractivity contribution < 1.29 is 0 Å². The molecular formula is C55H47N. The first-order valence-electron chi connectivity index (χ1n) is 20.9. The summed E-state index contributed by atoms with van der Waals surface area (Å²) in [5.41, 5.74) is 22.9. The summed E-state index contributed by atoms with van der Waals surface area (Å²) in [6, 6.07) is 58.7. The molecule has 2 atom stereocenters. The largest absolute Gasteiger partial charge is 0.310 e. The van der Waals surface area contributed by atoms with Gasteiger partial charge in [0.2, 0.25) is 0 Å². The Morgan fingerprint density at radius 2 is 0.839 bits per heavy atom. The van der Waals surface area contributed by atoms with Crippen molar-refractivity contribution in [3.05, 3.63) is 196 Å². The average molecular weight is 722 g/mol. The van der Waals surface area contributed by atoms with Crippen molar-refractivity contribution in [1.29, 1.82) is 0 Å². The summed E-state index contributed by atoms with van der Waals surface area (Å²) in [5.74, 6) is 1.39. The number of hydrogen-bond acceptors (Lipinski definition) is 1. The molecule has 1 heteroatoms. The Bertz CT molecular complexity index is 2730. The number of hydrogen-bond donors (Lipinski definition) is 0. The van der Waals surface area contributed by atoms with Gasteiger partial charge in [0.25, 0.3) is 0 Å².